The quantitative estimate of drug-likeness (QED) is 0.822. The Bertz CT molecular complexity index is 463. The number of rotatable bonds is 4. The summed E-state index contributed by atoms with van der Waals surface area (Å²) in [6.45, 7) is 4.97. The maximum Gasteiger partial charge on any atom is 0.223 e. The lowest BCUT2D eigenvalue weighted by Gasteiger charge is -2.04. The van der Waals surface area contributed by atoms with Crippen LogP contribution in [0, 0.1) is 6.92 Å². The molecule has 2 N–H and O–H groups in total. The molecule has 16 heavy (non-hydrogen) atoms. The van der Waals surface area contributed by atoms with Gasteiger partial charge in [0, 0.05) is 24.0 Å². The van der Waals surface area contributed by atoms with E-state index in [9.17, 15) is 0 Å². The van der Waals surface area contributed by atoms with E-state index in [1.54, 1.807) is 12.4 Å². The average Bonchev–Trinajstić information content (AvgIpc) is 2.73. The van der Waals surface area contributed by atoms with Crippen LogP contribution < -0.4 is 5.32 Å². The third kappa shape index (κ3) is 2.18. The van der Waals surface area contributed by atoms with Crippen LogP contribution >= 0.6 is 0 Å². The second-order valence-corrected chi connectivity index (χ2v) is 3.60. The van der Waals surface area contributed by atoms with Gasteiger partial charge in [0.05, 0.1) is 11.9 Å². The predicted molar refractivity (Wildman–Crippen MR) is 63.1 cm³/mol. The van der Waals surface area contributed by atoms with Crippen LogP contribution in [-0.4, -0.2) is 26.7 Å². The molecular formula is C11H15N5. The van der Waals surface area contributed by atoms with E-state index in [-0.39, 0.29) is 0 Å². The summed E-state index contributed by atoms with van der Waals surface area (Å²) in [7, 11) is 0. The lowest BCUT2D eigenvalue weighted by molar-refractivity contribution is 0.953. The highest BCUT2D eigenvalue weighted by molar-refractivity contribution is 5.61. The van der Waals surface area contributed by atoms with Crippen LogP contribution in [0.15, 0.2) is 18.5 Å². The Kier molecular flexibility index (Phi) is 3.14. The second kappa shape index (κ2) is 4.74. The van der Waals surface area contributed by atoms with Crippen LogP contribution in [0.3, 0.4) is 0 Å². The molecule has 5 nitrogen and oxygen atoms in total. The standard InChI is InChI=1S/C11H15N5/c1-3-5-12-11-13-6-4-10(15-11)9-7-14-16-8(9)2/h4,6-7H,3,5H2,1-2H3,(H,14,16)(H,12,13,15). The summed E-state index contributed by atoms with van der Waals surface area (Å²) in [4.78, 5) is 8.59. The lowest BCUT2D eigenvalue weighted by Crippen LogP contribution is -2.04. The molecule has 0 spiro atoms. The fraction of sp³-hybridized carbons (Fsp3) is 0.364. The first kappa shape index (κ1) is 10.6. The van der Waals surface area contributed by atoms with E-state index in [1.807, 2.05) is 13.0 Å². The topological polar surface area (TPSA) is 66.5 Å². The van der Waals surface area contributed by atoms with Gasteiger partial charge in [0.25, 0.3) is 0 Å². The Labute approximate surface area is 94.3 Å². The molecule has 0 aromatic carbocycles. The van der Waals surface area contributed by atoms with Crippen LogP contribution in [0.25, 0.3) is 11.3 Å². The van der Waals surface area contributed by atoms with Gasteiger partial charge in [0.2, 0.25) is 5.95 Å². The Morgan fingerprint density at radius 2 is 2.31 bits per heavy atom. The van der Waals surface area contributed by atoms with Crippen molar-refractivity contribution in [1.29, 1.82) is 0 Å². The monoisotopic (exact) mass is 217 g/mol. The van der Waals surface area contributed by atoms with Crippen LogP contribution in [0.4, 0.5) is 5.95 Å². The van der Waals surface area contributed by atoms with Gasteiger partial charge < -0.3 is 5.32 Å². The largest absolute Gasteiger partial charge is 0.354 e. The predicted octanol–water partition coefficient (Wildman–Crippen LogP) is 2.00. The van der Waals surface area contributed by atoms with E-state index in [1.165, 1.54) is 0 Å². The molecule has 2 rings (SSSR count). The summed E-state index contributed by atoms with van der Waals surface area (Å²) < 4.78 is 0. The molecule has 2 aromatic heterocycles. The van der Waals surface area contributed by atoms with E-state index in [0.717, 1.165) is 29.9 Å². The third-order valence-corrected chi connectivity index (χ3v) is 2.29. The van der Waals surface area contributed by atoms with E-state index in [4.69, 9.17) is 0 Å². The third-order valence-electron chi connectivity index (χ3n) is 2.29. The van der Waals surface area contributed by atoms with Crippen molar-refractivity contribution in [2.45, 2.75) is 20.3 Å². The van der Waals surface area contributed by atoms with Crippen molar-refractivity contribution in [3.63, 3.8) is 0 Å². The molecular weight excluding hydrogens is 202 g/mol. The van der Waals surface area contributed by atoms with E-state index in [0.29, 0.717) is 5.95 Å². The van der Waals surface area contributed by atoms with Crippen molar-refractivity contribution in [1.82, 2.24) is 20.2 Å². The van der Waals surface area contributed by atoms with Gasteiger partial charge >= 0.3 is 0 Å². The van der Waals surface area contributed by atoms with Crippen molar-refractivity contribution in [2.75, 3.05) is 11.9 Å². The van der Waals surface area contributed by atoms with Gasteiger partial charge in [-0.3, -0.25) is 5.10 Å². The summed E-state index contributed by atoms with van der Waals surface area (Å²) in [6, 6.07) is 1.88. The molecule has 84 valence electrons. The fourth-order valence-corrected chi connectivity index (χ4v) is 1.44. The maximum absolute atomic E-state index is 4.43. The minimum Gasteiger partial charge on any atom is -0.354 e. The number of hydrogen-bond donors (Lipinski definition) is 2. The van der Waals surface area contributed by atoms with Gasteiger partial charge in [-0.15, -0.1) is 0 Å². The number of aromatic amines is 1. The zero-order chi connectivity index (χ0) is 11.4. The molecule has 0 aliphatic heterocycles. The van der Waals surface area contributed by atoms with E-state index in [2.05, 4.69) is 32.4 Å². The Balaban J connectivity index is 2.26. The van der Waals surface area contributed by atoms with Gasteiger partial charge in [0.15, 0.2) is 0 Å². The van der Waals surface area contributed by atoms with Crippen molar-refractivity contribution in [2.24, 2.45) is 0 Å². The first-order chi connectivity index (χ1) is 7.81. The van der Waals surface area contributed by atoms with Crippen molar-refractivity contribution >= 4 is 5.95 Å². The van der Waals surface area contributed by atoms with Crippen LogP contribution in [0.5, 0.6) is 0 Å². The van der Waals surface area contributed by atoms with Crippen LogP contribution in [0.1, 0.15) is 19.0 Å². The smallest absolute Gasteiger partial charge is 0.223 e. The molecule has 2 heterocycles. The molecule has 0 amide bonds. The highest BCUT2D eigenvalue weighted by atomic mass is 15.1. The molecule has 0 radical (unpaired) electrons. The van der Waals surface area contributed by atoms with Gasteiger partial charge in [-0.2, -0.15) is 5.10 Å². The highest BCUT2D eigenvalue weighted by Gasteiger charge is 2.06. The number of H-pyrrole nitrogens is 1. The van der Waals surface area contributed by atoms with Gasteiger partial charge in [-0.25, -0.2) is 9.97 Å². The molecule has 2 aromatic rings. The van der Waals surface area contributed by atoms with Gasteiger partial charge in [-0.1, -0.05) is 6.92 Å². The maximum atomic E-state index is 4.43. The van der Waals surface area contributed by atoms with E-state index >= 15 is 0 Å². The zero-order valence-corrected chi connectivity index (χ0v) is 9.49. The minimum atomic E-state index is 0.667. The summed E-state index contributed by atoms with van der Waals surface area (Å²) in [6.07, 6.45) is 4.59. The molecule has 5 heteroatoms. The molecule has 0 saturated carbocycles. The molecule has 0 unspecified atom stereocenters. The summed E-state index contributed by atoms with van der Waals surface area (Å²) >= 11 is 0. The number of aryl methyl sites for hydroxylation is 1. The van der Waals surface area contributed by atoms with Crippen molar-refractivity contribution in [3.8, 4) is 11.3 Å². The summed E-state index contributed by atoms with van der Waals surface area (Å²) in [5.74, 6) is 0.667. The Morgan fingerprint density at radius 1 is 1.44 bits per heavy atom. The number of nitrogens with zero attached hydrogens (tertiary/aromatic N) is 3. The highest BCUT2D eigenvalue weighted by Crippen LogP contribution is 2.19. The SMILES string of the molecule is CCCNc1nccc(-c2cn[nH]c2C)n1. The number of hydrogen-bond acceptors (Lipinski definition) is 4. The number of aromatic nitrogens is 4. The van der Waals surface area contributed by atoms with E-state index < -0.39 is 0 Å². The average molecular weight is 217 g/mol. The lowest BCUT2D eigenvalue weighted by atomic mass is 10.2. The molecule has 0 atom stereocenters. The second-order valence-electron chi connectivity index (χ2n) is 3.60. The van der Waals surface area contributed by atoms with Crippen molar-refractivity contribution in [3.05, 3.63) is 24.2 Å². The molecule has 0 saturated heterocycles. The Morgan fingerprint density at radius 3 is 3.00 bits per heavy atom. The first-order valence-electron chi connectivity index (χ1n) is 5.38. The van der Waals surface area contributed by atoms with Crippen LogP contribution in [-0.2, 0) is 0 Å². The molecule has 0 bridgehead atoms. The zero-order valence-electron chi connectivity index (χ0n) is 9.49. The normalized spacial score (nSPS) is 10.4. The minimum absolute atomic E-state index is 0.667. The van der Waals surface area contributed by atoms with Gasteiger partial charge in [-0.05, 0) is 19.4 Å². The molecule has 0 fully saturated rings. The summed E-state index contributed by atoms with van der Waals surface area (Å²) in [5, 5.41) is 10.0. The van der Waals surface area contributed by atoms with Gasteiger partial charge in [0.1, 0.15) is 0 Å². The fourth-order valence-electron chi connectivity index (χ4n) is 1.44. The molecule has 0 aliphatic rings. The molecule has 0 aliphatic carbocycles. The summed E-state index contributed by atoms with van der Waals surface area (Å²) in [5.41, 5.74) is 2.92. The first-order valence-corrected chi connectivity index (χ1v) is 5.38. The number of nitrogens with one attached hydrogen (secondary N) is 2. The van der Waals surface area contributed by atoms with Crippen LogP contribution in [0.2, 0.25) is 0 Å². The van der Waals surface area contributed by atoms with Crippen molar-refractivity contribution < 1.29 is 0 Å². The number of anilines is 1. The Hall–Kier alpha value is -1.91.